The monoisotopic (exact) mass is 251 g/mol. The van der Waals surface area contributed by atoms with Crippen LogP contribution in [0.25, 0.3) is 0 Å². The Hall–Kier alpha value is -1.26. The van der Waals surface area contributed by atoms with Crippen molar-refractivity contribution in [3.63, 3.8) is 0 Å². The summed E-state index contributed by atoms with van der Waals surface area (Å²) < 4.78 is 0. The van der Waals surface area contributed by atoms with Gasteiger partial charge in [-0.1, -0.05) is 0 Å². The van der Waals surface area contributed by atoms with E-state index in [1.54, 1.807) is 24.3 Å². The SMILES string of the molecule is Nc1ccc(S)cc1.Oc1ccc(S)cc1. The van der Waals surface area contributed by atoms with E-state index in [2.05, 4.69) is 25.3 Å². The van der Waals surface area contributed by atoms with E-state index >= 15 is 0 Å². The number of hydrogen-bond donors (Lipinski definition) is 4. The Morgan fingerprint density at radius 1 is 0.750 bits per heavy atom. The molecule has 4 heteroatoms. The highest BCUT2D eigenvalue weighted by atomic mass is 32.1. The molecule has 3 N–H and O–H groups in total. The number of phenolic OH excluding ortho intramolecular Hbond substituents is 1. The molecule has 0 fully saturated rings. The van der Waals surface area contributed by atoms with Crippen LogP contribution in [-0.2, 0) is 0 Å². The Morgan fingerprint density at radius 2 is 1.12 bits per heavy atom. The molecule has 2 aromatic carbocycles. The van der Waals surface area contributed by atoms with Gasteiger partial charge in [-0.25, -0.2) is 0 Å². The molecule has 0 aliphatic carbocycles. The van der Waals surface area contributed by atoms with Crippen molar-refractivity contribution in [1.82, 2.24) is 0 Å². The fraction of sp³-hybridized carbons (Fsp3) is 0. The van der Waals surface area contributed by atoms with E-state index in [-0.39, 0.29) is 5.75 Å². The number of nitrogen functional groups attached to an aromatic ring is 1. The van der Waals surface area contributed by atoms with Gasteiger partial charge in [0.1, 0.15) is 5.75 Å². The van der Waals surface area contributed by atoms with E-state index in [4.69, 9.17) is 10.8 Å². The molecule has 0 aliphatic heterocycles. The molecule has 0 saturated heterocycles. The molecule has 0 amide bonds. The summed E-state index contributed by atoms with van der Waals surface area (Å²) in [5, 5.41) is 8.72. The third kappa shape index (κ3) is 5.00. The van der Waals surface area contributed by atoms with Crippen molar-refractivity contribution in [3.05, 3.63) is 48.5 Å². The van der Waals surface area contributed by atoms with E-state index in [1.807, 2.05) is 24.3 Å². The molecule has 2 rings (SSSR count). The fourth-order valence-electron chi connectivity index (χ4n) is 0.927. The molecule has 0 radical (unpaired) electrons. The minimum Gasteiger partial charge on any atom is -0.508 e. The second-order valence-electron chi connectivity index (χ2n) is 3.11. The summed E-state index contributed by atoms with van der Waals surface area (Å²) in [5.74, 6) is 0.280. The number of benzene rings is 2. The van der Waals surface area contributed by atoms with Crippen molar-refractivity contribution in [3.8, 4) is 5.75 Å². The van der Waals surface area contributed by atoms with Gasteiger partial charge in [0.05, 0.1) is 0 Å². The Labute approximate surface area is 106 Å². The lowest BCUT2D eigenvalue weighted by atomic mass is 10.3. The first-order valence-corrected chi connectivity index (χ1v) is 5.50. The first-order chi connectivity index (χ1) is 7.58. The van der Waals surface area contributed by atoms with Crippen molar-refractivity contribution in [2.75, 3.05) is 5.73 Å². The normalized spacial score (nSPS) is 9.12. The summed E-state index contributed by atoms with van der Waals surface area (Å²) in [6, 6.07) is 14.0. The molecule has 0 aromatic heterocycles. The van der Waals surface area contributed by atoms with Crippen LogP contribution in [0.2, 0.25) is 0 Å². The quantitative estimate of drug-likeness (QED) is 0.429. The summed E-state index contributed by atoms with van der Waals surface area (Å²) in [6.07, 6.45) is 0. The second kappa shape index (κ2) is 6.35. The molecule has 2 aromatic rings. The zero-order chi connectivity index (χ0) is 12.0. The zero-order valence-electron chi connectivity index (χ0n) is 8.54. The number of anilines is 1. The standard InChI is InChI=1S/C6H7NS.C6H6OS/c2*7-5-1-3-6(8)4-2-5/h1-4,8H,7H2;1-4,7-8H. The van der Waals surface area contributed by atoms with Gasteiger partial charge in [0.25, 0.3) is 0 Å². The maximum atomic E-state index is 8.72. The first-order valence-electron chi connectivity index (χ1n) is 4.60. The molecular weight excluding hydrogens is 238 g/mol. The van der Waals surface area contributed by atoms with Gasteiger partial charge in [-0.2, -0.15) is 0 Å². The predicted molar refractivity (Wildman–Crippen MR) is 73.5 cm³/mol. The van der Waals surface area contributed by atoms with Gasteiger partial charge in [0.2, 0.25) is 0 Å². The van der Waals surface area contributed by atoms with Crippen molar-refractivity contribution >= 4 is 30.9 Å². The highest BCUT2D eigenvalue weighted by molar-refractivity contribution is 7.80. The van der Waals surface area contributed by atoms with Gasteiger partial charge in [-0.15, -0.1) is 25.3 Å². The van der Waals surface area contributed by atoms with Crippen molar-refractivity contribution < 1.29 is 5.11 Å². The van der Waals surface area contributed by atoms with Gasteiger partial charge in [-0.05, 0) is 48.5 Å². The smallest absolute Gasteiger partial charge is 0.115 e. The lowest BCUT2D eigenvalue weighted by molar-refractivity contribution is 0.475. The molecule has 0 heterocycles. The van der Waals surface area contributed by atoms with Crippen molar-refractivity contribution in [2.45, 2.75) is 9.79 Å². The van der Waals surface area contributed by atoms with E-state index in [1.165, 1.54) is 0 Å². The van der Waals surface area contributed by atoms with Crippen LogP contribution >= 0.6 is 25.3 Å². The third-order valence-electron chi connectivity index (χ3n) is 1.74. The molecular formula is C12H13NOS2. The molecule has 2 nitrogen and oxygen atoms in total. The summed E-state index contributed by atoms with van der Waals surface area (Å²) in [5.41, 5.74) is 6.17. The van der Waals surface area contributed by atoms with Crippen LogP contribution < -0.4 is 5.73 Å². The average Bonchev–Trinajstić information content (AvgIpc) is 2.28. The van der Waals surface area contributed by atoms with E-state index < -0.39 is 0 Å². The van der Waals surface area contributed by atoms with Gasteiger partial charge >= 0.3 is 0 Å². The Morgan fingerprint density at radius 3 is 1.44 bits per heavy atom. The molecule has 0 saturated carbocycles. The second-order valence-corrected chi connectivity index (χ2v) is 4.14. The van der Waals surface area contributed by atoms with Crippen molar-refractivity contribution in [1.29, 1.82) is 0 Å². The molecule has 0 bridgehead atoms. The lowest BCUT2D eigenvalue weighted by Crippen LogP contribution is -1.80. The van der Waals surface area contributed by atoms with Crippen LogP contribution in [0, 0.1) is 0 Å². The Kier molecular flexibility index (Phi) is 5.08. The summed E-state index contributed by atoms with van der Waals surface area (Å²) in [4.78, 5) is 1.81. The maximum Gasteiger partial charge on any atom is 0.115 e. The minimum absolute atomic E-state index is 0.280. The number of hydrogen-bond acceptors (Lipinski definition) is 4. The molecule has 0 spiro atoms. The minimum atomic E-state index is 0.280. The topological polar surface area (TPSA) is 46.2 Å². The zero-order valence-corrected chi connectivity index (χ0v) is 10.3. The Balaban J connectivity index is 0.000000160. The van der Waals surface area contributed by atoms with Gasteiger partial charge in [0, 0.05) is 15.5 Å². The first kappa shape index (κ1) is 12.8. The number of thiol groups is 2. The van der Waals surface area contributed by atoms with Crippen LogP contribution in [0.15, 0.2) is 58.3 Å². The van der Waals surface area contributed by atoms with Crippen LogP contribution in [0.1, 0.15) is 0 Å². The number of aromatic hydroxyl groups is 1. The summed E-state index contributed by atoms with van der Waals surface area (Å²) >= 11 is 8.10. The van der Waals surface area contributed by atoms with Gasteiger partial charge in [0.15, 0.2) is 0 Å². The number of phenols is 1. The average molecular weight is 251 g/mol. The summed E-state index contributed by atoms with van der Waals surface area (Å²) in [6.45, 7) is 0. The Bertz CT molecular complexity index is 340. The van der Waals surface area contributed by atoms with Crippen LogP contribution in [0.4, 0.5) is 5.69 Å². The third-order valence-corrected chi connectivity index (χ3v) is 2.34. The van der Waals surface area contributed by atoms with Crippen LogP contribution in [0.3, 0.4) is 0 Å². The highest BCUT2D eigenvalue weighted by Gasteiger charge is 1.83. The highest BCUT2D eigenvalue weighted by Crippen LogP contribution is 2.11. The molecule has 0 atom stereocenters. The number of rotatable bonds is 0. The van der Waals surface area contributed by atoms with Gasteiger partial charge in [-0.3, -0.25) is 0 Å². The van der Waals surface area contributed by atoms with Crippen LogP contribution in [0.5, 0.6) is 5.75 Å². The lowest BCUT2D eigenvalue weighted by Gasteiger charge is -1.89. The molecule has 0 aliphatic rings. The summed E-state index contributed by atoms with van der Waals surface area (Å²) in [7, 11) is 0. The predicted octanol–water partition coefficient (Wildman–Crippen LogP) is 3.24. The van der Waals surface area contributed by atoms with Gasteiger partial charge < -0.3 is 10.8 Å². The number of nitrogens with two attached hydrogens (primary N) is 1. The van der Waals surface area contributed by atoms with E-state index in [0.717, 1.165) is 15.5 Å². The van der Waals surface area contributed by atoms with E-state index in [9.17, 15) is 0 Å². The van der Waals surface area contributed by atoms with Crippen LogP contribution in [-0.4, -0.2) is 5.11 Å². The molecule has 16 heavy (non-hydrogen) atoms. The molecule has 0 unspecified atom stereocenters. The van der Waals surface area contributed by atoms with Crippen molar-refractivity contribution in [2.24, 2.45) is 0 Å². The largest absolute Gasteiger partial charge is 0.508 e. The maximum absolute atomic E-state index is 8.72. The fourth-order valence-corrected chi connectivity index (χ4v) is 1.23. The molecule has 84 valence electrons. The van der Waals surface area contributed by atoms with E-state index in [0.29, 0.717) is 0 Å².